The smallest absolute Gasteiger partial charge is 0.309 e. The predicted octanol–water partition coefficient (Wildman–Crippen LogP) is 3.17. The highest BCUT2D eigenvalue weighted by atomic mass is 33.3. The number of hydrogen-bond acceptors (Lipinski definition) is 5. The third-order valence-electron chi connectivity index (χ3n) is 1.17. The normalized spacial score (nSPS) is 15.6. The van der Waals surface area contributed by atoms with E-state index < -0.39 is 6.72 Å². The Morgan fingerprint density at radius 1 is 1.57 bits per heavy atom. The van der Waals surface area contributed by atoms with Gasteiger partial charge in [-0.3, -0.25) is 14.6 Å². The summed E-state index contributed by atoms with van der Waals surface area (Å²) in [5.74, 6) is 0.963. The molecule has 7 heteroatoms. The van der Waals surface area contributed by atoms with Crippen molar-refractivity contribution >= 4 is 34.3 Å². The summed E-state index contributed by atoms with van der Waals surface area (Å²) < 4.78 is 16.8. The Bertz CT molecular complexity index is 214. The molecule has 0 aliphatic carbocycles. The highest BCUT2D eigenvalue weighted by Gasteiger charge is 2.20. The highest BCUT2D eigenvalue weighted by Crippen LogP contribution is 2.60. The van der Waals surface area contributed by atoms with E-state index in [1.807, 2.05) is 6.92 Å². The van der Waals surface area contributed by atoms with Crippen molar-refractivity contribution in [1.82, 2.24) is 5.09 Å². The first kappa shape index (κ1) is 14.4. The Labute approximate surface area is 93.3 Å². The first-order valence-corrected chi connectivity index (χ1v) is 8.96. The van der Waals surface area contributed by atoms with E-state index in [2.05, 4.69) is 17.0 Å². The summed E-state index contributed by atoms with van der Waals surface area (Å²) in [6, 6.07) is 0. The van der Waals surface area contributed by atoms with Gasteiger partial charge in [-0.2, -0.15) is 0 Å². The van der Waals surface area contributed by atoms with Crippen LogP contribution in [0.4, 0.5) is 0 Å². The van der Waals surface area contributed by atoms with Crippen LogP contribution < -0.4 is 5.09 Å². The minimum absolute atomic E-state index is 0.670. The van der Waals surface area contributed by atoms with E-state index in [4.69, 9.17) is 4.52 Å². The number of aliphatic imine (C=N–C) groups is 1. The van der Waals surface area contributed by atoms with Gasteiger partial charge < -0.3 is 4.52 Å². The summed E-state index contributed by atoms with van der Waals surface area (Å²) in [7, 11) is 4.23. The quantitative estimate of drug-likeness (QED) is 0.238. The van der Waals surface area contributed by atoms with Gasteiger partial charge >= 0.3 is 6.72 Å². The molecule has 0 aliphatic heterocycles. The van der Waals surface area contributed by atoms with Crippen molar-refractivity contribution in [3.63, 3.8) is 0 Å². The molecule has 0 saturated heterocycles. The Hall–Kier alpha value is 0.360. The third kappa shape index (κ3) is 6.76. The van der Waals surface area contributed by atoms with Crippen LogP contribution in [0, 0.1) is 0 Å². The van der Waals surface area contributed by atoms with Gasteiger partial charge in [0.15, 0.2) is 0 Å². The molecule has 0 amide bonds. The van der Waals surface area contributed by atoms with Gasteiger partial charge in [-0.05, 0) is 13.3 Å². The summed E-state index contributed by atoms with van der Waals surface area (Å²) in [6.45, 7) is 1.88. The van der Waals surface area contributed by atoms with Gasteiger partial charge in [-0.25, -0.2) is 0 Å². The second kappa shape index (κ2) is 8.65. The van der Waals surface area contributed by atoms with Gasteiger partial charge in [0, 0.05) is 29.8 Å². The van der Waals surface area contributed by atoms with Gasteiger partial charge in [0.2, 0.25) is 0 Å². The standard InChI is InChI=1S/C7H17N2O2PS2/c1-4-6-13-14-12(10,11-3)9-7-8-5-2/h7H,4-6H2,1-3H3,(H,8,9,10). The fourth-order valence-corrected chi connectivity index (χ4v) is 5.76. The van der Waals surface area contributed by atoms with Gasteiger partial charge in [0.25, 0.3) is 0 Å². The molecule has 0 rings (SSSR count). The summed E-state index contributed by atoms with van der Waals surface area (Å²) in [5, 5.41) is 2.69. The average molecular weight is 256 g/mol. The molecule has 0 aliphatic rings. The molecule has 0 aromatic heterocycles. The molecule has 0 radical (unpaired) electrons. The molecule has 1 N–H and O–H groups in total. The molecule has 0 saturated carbocycles. The van der Waals surface area contributed by atoms with E-state index in [-0.39, 0.29) is 0 Å². The fourth-order valence-electron chi connectivity index (χ4n) is 0.497. The van der Waals surface area contributed by atoms with Crippen molar-refractivity contribution in [2.75, 3.05) is 19.4 Å². The molecule has 0 spiro atoms. The molecular weight excluding hydrogens is 239 g/mol. The molecule has 84 valence electrons. The van der Waals surface area contributed by atoms with Gasteiger partial charge in [-0.15, -0.1) is 0 Å². The first-order chi connectivity index (χ1) is 6.68. The van der Waals surface area contributed by atoms with E-state index in [1.54, 1.807) is 10.8 Å². The SMILES string of the molecule is CCCSSP(=O)(NC=NCC)OC. The summed E-state index contributed by atoms with van der Waals surface area (Å²) in [5.41, 5.74) is 0. The largest absolute Gasteiger partial charge is 0.361 e. The maximum Gasteiger partial charge on any atom is 0.361 e. The molecule has 0 fully saturated rings. The maximum atomic E-state index is 11.8. The molecule has 14 heavy (non-hydrogen) atoms. The lowest BCUT2D eigenvalue weighted by molar-refractivity contribution is 0.406. The zero-order valence-electron chi connectivity index (χ0n) is 8.73. The molecule has 0 heterocycles. The summed E-state index contributed by atoms with van der Waals surface area (Å²) in [6.07, 6.45) is 2.51. The van der Waals surface area contributed by atoms with Crippen molar-refractivity contribution in [1.29, 1.82) is 0 Å². The molecular formula is C7H17N2O2PS2. The molecule has 0 aromatic carbocycles. The topological polar surface area (TPSA) is 50.7 Å². The van der Waals surface area contributed by atoms with Crippen LogP contribution >= 0.6 is 27.9 Å². The van der Waals surface area contributed by atoms with Crippen LogP contribution in [0.3, 0.4) is 0 Å². The predicted molar refractivity (Wildman–Crippen MR) is 67.1 cm³/mol. The third-order valence-corrected chi connectivity index (χ3v) is 7.84. The summed E-state index contributed by atoms with van der Waals surface area (Å²) >= 11 is 0. The van der Waals surface area contributed by atoms with Crippen molar-refractivity contribution in [2.45, 2.75) is 20.3 Å². The molecule has 4 nitrogen and oxygen atoms in total. The maximum absolute atomic E-state index is 11.8. The van der Waals surface area contributed by atoms with E-state index in [0.717, 1.165) is 12.2 Å². The van der Waals surface area contributed by atoms with Crippen molar-refractivity contribution < 1.29 is 9.09 Å². The lowest BCUT2D eigenvalue weighted by atomic mass is 10.6. The van der Waals surface area contributed by atoms with E-state index in [9.17, 15) is 4.57 Å². The van der Waals surface area contributed by atoms with Crippen molar-refractivity contribution in [3.05, 3.63) is 0 Å². The van der Waals surface area contributed by atoms with Crippen LogP contribution in [-0.4, -0.2) is 25.7 Å². The number of hydrogen-bond donors (Lipinski definition) is 1. The van der Waals surface area contributed by atoms with Gasteiger partial charge in [-0.1, -0.05) is 17.7 Å². The molecule has 1 atom stereocenters. The van der Waals surface area contributed by atoms with Gasteiger partial charge in [0.1, 0.15) is 0 Å². The Morgan fingerprint density at radius 3 is 2.79 bits per heavy atom. The molecule has 1 unspecified atom stereocenters. The first-order valence-electron chi connectivity index (χ1n) is 4.41. The van der Waals surface area contributed by atoms with E-state index >= 15 is 0 Å². The van der Waals surface area contributed by atoms with Crippen LogP contribution in [0.15, 0.2) is 4.99 Å². The highest BCUT2D eigenvalue weighted by molar-refractivity contribution is 8.99. The zero-order valence-corrected chi connectivity index (χ0v) is 11.3. The van der Waals surface area contributed by atoms with Crippen LogP contribution in [0.2, 0.25) is 0 Å². The van der Waals surface area contributed by atoms with Crippen LogP contribution in [-0.2, 0) is 9.09 Å². The lowest BCUT2D eigenvalue weighted by Gasteiger charge is -2.13. The number of nitrogens with one attached hydrogen (secondary N) is 1. The van der Waals surface area contributed by atoms with E-state index in [0.29, 0.717) is 6.54 Å². The zero-order chi connectivity index (χ0) is 10.9. The minimum Gasteiger partial charge on any atom is -0.309 e. The Balaban J connectivity index is 3.92. The Kier molecular flexibility index (Phi) is 8.87. The lowest BCUT2D eigenvalue weighted by Crippen LogP contribution is -2.06. The minimum atomic E-state index is -2.78. The number of nitrogens with zero attached hydrogens (tertiary/aromatic N) is 1. The monoisotopic (exact) mass is 256 g/mol. The molecule has 0 bridgehead atoms. The Morgan fingerprint density at radius 2 is 2.29 bits per heavy atom. The van der Waals surface area contributed by atoms with Crippen molar-refractivity contribution in [2.24, 2.45) is 4.99 Å². The second-order valence-corrected chi connectivity index (χ2v) is 8.68. The summed E-state index contributed by atoms with van der Waals surface area (Å²) in [4.78, 5) is 3.92. The molecule has 0 aromatic rings. The van der Waals surface area contributed by atoms with Crippen LogP contribution in [0.1, 0.15) is 20.3 Å². The van der Waals surface area contributed by atoms with Crippen LogP contribution in [0.5, 0.6) is 0 Å². The van der Waals surface area contributed by atoms with Crippen molar-refractivity contribution in [3.8, 4) is 0 Å². The fraction of sp³-hybridized carbons (Fsp3) is 0.857. The average Bonchev–Trinajstić information content (AvgIpc) is 2.19. The van der Waals surface area contributed by atoms with Gasteiger partial charge in [0.05, 0.1) is 6.34 Å². The second-order valence-electron chi connectivity index (χ2n) is 2.33. The number of rotatable bonds is 8. The van der Waals surface area contributed by atoms with E-state index in [1.165, 1.54) is 23.9 Å². The van der Waals surface area contributed by atoms with Crippen LogP contribution in [0.25, 0.3) is 0 Å².